The largest absolute Gasteiger partial charge is 0.311 e. The minimum Gasteiger partial charge on any atom is -0.311 e. The molecule has 0 aliphatic rings. The molecule has 0 radical (unpaired) electrons. The van der Waals surface area contributed by atoms with E-state index in [9.17, 15) is 0 Å². The average Bonchev–Trinajstić information content (AvgIpc) is 3.95. The van der Waals surface area contributed by atoms with Crippen LogP contribution in [0.25, 0.3) is 62.6 Å². The molecule has 0 spiro atoms. The highest BCUT2D eigenvalue weighted by Gasteiger charge is 2.41. The maximum atomic E-state index is 2.38. The van der Waals surface area contributed by atoms with E-state index < -0.39 is 8.07 Å². The van der Waals surface area contributed by atoms with Crippen LogP contribution in [0.15, 0.2) is 249 Å². The summed E-state index contributed by atoms with van der Waals surface area (Å²) < 4.78 is 5.39. The van der Waals surface area contributed by atoms with Crippen molar-refractivity contribution in [2.24, 2.45) is 0 Å². The van der Waals surface area contributed by atoms with Crippen molar-refractivity contribution in [3.63, 3.8) is 0 Å². The zero-order valence-corrected chi connectivity index (χ0v) is 37.6. The smallest absolute Gasteiger partial charge is 0.179 e. The summed E-state index contributed by atoms with van der Waals surface area (Å²) in [6, 6.07) is 91.9. The van der Waals surface area contributed by atoms with Crippen LogP contribution in [-0.2, 0) is 0 Å². The quantitative estimate of drug-likeness (QED) is 0.103. The SMILES string of the molecule is c1ccc(N(c2ccc(-c3ccc([Si](c4ccccc4)(c4ccccc4)c4ccccc4)cc3)cc2)c2ccc(-c3cccc4sc5ccc6c7ccccc7sc6c5c34)cc2)cc1. The number of thiophene rings is 2. The second kappa shape index (κ2) is 16.1. The first-order chi connectivity index (χ1) is 31.7. The van der Waals surface area contributed by atoms with Crippen molar-refractivity contribution in [2.45, 2.75) is 0 Å². The van der Waals surface area contributed by atoms with Gasteiger partial charge in [0.25, 0.3) is 0 Å². The summed E-state index contributed by atoms with van der Waals surface area (Å²) in [6.45, 7) is 0. The van der Waals surface area contributed by atoms with Gasteiger partial charge in [-0.05, 0) is 97.6 Å². The first-order valence-corrected chi connectivity index (χ1v) is 25.5. The first-order valence-electron chi connectivity index (χ1n) is 21.8. The van der Waals surface area contributed by atoms with Crippen molar-refractivity contribution in [1.82, 2.24) is 0 Å². The summed E-state index contributed by atoms with van der Waals surface area (Å²) in [5, 5.41) is 10.9. The van der Waals surface area contributed by atoms with E-state index in [0.717, 1.165) is 17.1 Å². The normalized spacial score (nSPS) is 11.8. The zero-order chi connectivity index (χ0) is 42.5. The van der Waals surface area contributed by atoms with E-state index >= 15 is 0 Å². The molecule has 0 atom stereocenters. The van der Waals surface area contributed by atoms with Gasteiger partial charge in [0.15, 0.2) is 8.07 Å². The van der Waals surface area contributed by atoms with Crippen molar-refractivity contribution < 1.29 is 0 Å². The third kappa shape index (κ3) is 6.41. The van der Waals surface area contributed by atoms with Crippen LogP contribution >= 0.6 is 22.7 Å². The van der Waals surface area contributed by atoms with Crippen LogP contribution in [0.2, 0.25) is 0 Å². The predicted octanol–water partition coefficient (Wildman–Crippen LogP) is 14.6. The molecule has 10 aromatic carbocycles. The molecule has 4 heteroatoms. The maximum Gasteiger partial charge on any atom is 0.179 e. The fourth-order valence-corrected chi connectivity index (χ4v) is 17.1. The van der Waals surface area contributed by atoms with Gasteiger partial charge >= 0.3 is 0 Å². The van der Waals surface area contributed by atoms with Crippen molar-refractivity contribution in [1.29, 1.82) is 0 Å². The van der Waals surface area contributed by atoms with E-state index in [1.165, 1.54) is 83.3 Å². The third-order valence-electron chi connectivity index (χ3n) is 12.9. The van der Waals surface area contributed by atoms with Crippen molar-refractivity contribution in [3.05, 3.63) is 249 Å². The molecular formula is C60H41NS2Si. The number of para-hydroxylation sites is 1. The van der Waals surface area contributed by atoms with Gasteiger partial charge in [0.2, 0.25) is 0 Å². The van der Waals surface area contributed by atoms with Crippen LogP contribution in [0.5, 0.6) is 0 Å². The lowest BCUT2D eigenvalue weighted by atomic mass is 9.98. The lowest BCUT2D eigenvalue weighted by Crippen LogP contribution is -2.74. The Bertz CT molecular complexity index is 3470. The molecule has 0 saturated heterocycles. The fraction of sp³-hybridized carbons (Fsp3) is 0. The van der Waals surface area contributed by atoms with Crippen LogP contribution in [0.3, 0.4) is 0 Å². The van der Waals surface area contributed by atoms with Crippen molar-refractivity contribution in [2.75, 3.05) is 4.90 Å². The Morgan fingerprint density at radius 3 is 1.33 bits per heavy atom. The van der Waals surface area contributed by atoms with Crippen molar-refractivity contribution >= 4 is 109 Å². The average molecular weight is 868 g/mol. The monoisotopic (exact) mass is 867 g/mol. The van der Waals surface area contributed by atoms with Crippen LogP contribution in [0.4, 0.5) is 17.1 Å². The lowest BCUT2D eigenvalue weighted by Gasteiger charge is -2.34. The molecule has 0 amide bonds. The Labute approximate surface area is 382 Å². The van der Waals surface area contributed by atoms with Gasteiger partial charge in [0, 0.05) is 57.4 Å². The predicted molar refractivity (Wildman–Crippen MR) is 281 cm³/mol. The highest BCUT2D eigenvalue weighted by Crippen LogP contribution is 2.47. The van der Waals surface area contributed by atoms with Gasteiger partial charge < -0.3 is 4.90 Å². The van der Waals surface area contributed by atoms with Crippen LogP contribution in [0, 0.1) is 0 Å². The molecule has 2 heterocycles. The first kappa shape index (κ1) is 38.3. The van der Waals surface area contributed by atoms with Crippen LogP contribution in [0.1, 0.15) is 0 Å². The summed E-state index contributed by atoms with van der Waals surface area (Å²) in [6.07, 6.45) is 0. The van der Waals surface area contributed by atoms with E-state index in [-0.39, 0.29) is 0 Å². The minimum atomic E-state index is -2.59. The van der Waals surface area contributed by atoms with Crippen LogP contribution < -0.4 is 25.6 Å². The van der Waals surface area contributed by atoms with E-state index in [4.69, 9.17) is 0 Å². The van der Waals surface area contributed by atoms with Crippen LogP contribution in [-0.4, -0.2) is 8.07 Å². The second-order valence-electron chi connectivity index (χ2n) is 16.4. The molecule has 0 saturated carbocycles. The van der Waals surface area contributed by atoms with Gasteiger partial charge in [-0.2, -0.15) is 0 Å². The molecule has 0 bridgehead atoms. The topological polar surface area (TPSA) is 3.24 Å². The Morgan fingerprint density at radius 2 is 0.734 bits per heavy atom. The number of benzene rings is 10. The van der Waals surface area contributed by atoms with E-state index in [1.54, 1.807) is 0 Å². The van der Waals surface area contributed by atoms with Crippen molar-refractivity contribution in [3.8, 4) is 22.3 Å². The van der Waals surface area contributed by atoms with E-state index in [0.29, 0.717) is 0 Å². The lowest BCUT2D eigenvalue weighted by molar-refractivity contribution is 1.28. The standard InChI is InChI=1S/C60H41NS2Si/c1-5-16-45(17-6-1)61(47-36-30-44(31-37-47)52-25-15-27-56-58(52)59-57(62-56)41-40-54-53-24-13-14-26-55(53)63-60(54)59)46-34-28-42(29-35-46)43-32-38-51(39-33-43)64(48-18-7-2-8-19-48,49-20-9-3-10-21-49)50-22-11-4-12-23-50/h1-41H. The van der Waals surface area contributed by atoms with Gasteiger partial charge in [-0.25, -0.2) is 0 Å². The summed E-state index contributed by atoms with van der Waals surface area (Å²) in [5.41, 5.74) is 8.23. The van der Waals surface area contributed by atoms with Gasteiger partial charge in [-0.1, -0.05) is 194 Å². The summed E-state index contributed by atoms with van der Waals surface area (Å²) in [7, 11) is -2.59. The summed E-state index contributed by atoms with van der Waals surface area (Å²) in [4.78, 5) is 2.36. The molecule has 12 rings (SSSR count). The van der Waals surface area contributed by atoms with E-state index in [1.807, 2.05) is 22.7 Å². The summed E-state index contributed by atoms with van der Waals surface area (Å²) in [5.74, 6) is 0. The molecule has 64 heavy (non-hydrogen) atoms. The minimum absolute atomic E-state index is 1.11. The van der Waals surface area contributed by atoms with Gasteiger partial charge in [0.1, 0.15) is 0 Å². The fourth-order valence-electron chi connectivity index (χ4n) is 9.92. The number of fused-ring (bicyclic) bond motifs is 7. The number of anilines is 3. The molecule has 12 aromatic rings. The Kier molecular flexibility index (Phi) is 9.64. The molecule has 0 fully saturated rings. The zero-order valence-electron chi connectivity index (χ0n) is 34.9. The third-order valence-corrected chi connectivity index (χ3v) is 20.0. The summed E-state index contributed by atoms with van der Waals surface area (Å²) >= 11 is 3.81. The highest BCUT2D eigenvalue weighted by molar-refractivity contribution is 7.30. The Hall–Kier alpha value is -7.34. The Morgan fingerprint density at radius 1 is 0.281 bits per heavy atom. The molecule has 0 N–H and O–H groups in total. The molecule has 302 valence electrons. The van der Waals surface area contributed by atoms with E-state index in [2.05, 4.69) is 254 Å². The highest BCUT2D eigenvalue weighted by atomic mass is 32.1. The second-order valence-corrected chi connectivity index (χ2v) is 22.3. The van der Waals surface area contributed by atoms with Gasteiger partial charge in [0.05, 0.1) is 0 Å². The number of hydrogen-bond acceptors (Lipinski definition) is 3. The number of nitrogens with zero attached hydrogens (tertiary/aromatic N) is 1. The number of hydrogen-bond donors (Lipinski definition) is 0. The van der Waals surface area contributed by atoms with Gasteiger partial charge in [-0.3, -0.25) is 0 Å². The molecule has 1 nitrogen and oxygen atoms in total. The molecule has 2 aromatic heterocycles. The van der Waals surface area contributed by atoms with Gasteiger partial charge in [-0.15, -0.1) is 22.7 Å². The molecule has 0 aliphatic heterocycles. The number of rotatable bonds is 9. The molecule has 0 aliphatic carbocycles. The molecular weight excluding hydrogens is 827 g/mol. The molecule has 0 unspecified atom stereocenters. The maximum absolute atomic E-state index is 2.59. The Balaban J connectivity index is 0.903.